The zero-order valence-electron chi connectivity index (χ0n) is 23.7. The van der Waals surface area contributed by atoms with Gasteiger partial charge in [-0.25, -0.2) is 9.59 Å². The molecule has 0 aromatic carbocycles. The van der Waals surface area contributed by atoms with Crippen LogP contribution in [0.25, 0.3) is 0 Å². The maximum absolute atomic E-state index is 11.0. The van der Waals surface area contributed by atoms with Crippen molar-refractivity contribution in [3.8, 4) is 0 Å². The fourth-order valence-electron chi connectivity index (χ4n) is 2.93. The highest BCUT2D eigenvalue weighted by Gasteiger charge is 2.07. The number of ether oxygens (including phenoxy) is 2. The zero-order valence-corrected chi connectivity index (χ0v) is 27.0. The largest absolute Gasteiger partial charge is 0.449 e. The number of amides is 2. The topological polar surface area (TPSA) is 76.7 Å². The number of hydrogen-bond donors (Lipinski definition) is 2. The van der Waals surface area contributed by atoms with Crippen LogP contribution < -0.4 is 10.6 Å². The first-order chi connectivity index (χ1) is 17.5. The second-order valence-electron chi connectivity index (χ2n) is 8.38. The van der Waals surface area contributed by atoms with E-state index in [1.54, 1.807) is 21.6 Å². The first-order valence-electron chi connectivity index (χ1n) is 13.8. The first-order valence-corrected chi connectivity index (χ1v) is 18.8. The quantitative estimate of drug-likeness (QED) is 0.0954. The van der Waals surface area contributed by atoms with Crippen LogP contribution in [0.1, 0.15) is 95.8 Å². The molecule has 0 fully saturated rings. The van der Waals surface area contributed by atoms with Crippen LogP contribution in [0.3, 0.4) is 0 Å². The Balaban J connectivity index is -0.000000289. The molecule has 0 aromatic heterocycles. The minimum atomic E-state index is -0.308. The molecular weight excluding hydrogens is 533 g/mol. The summed E-state index contributed by atoms with van der Waals surface area (Å²) in [6.45, 7) is 15.0. The Kier molecular flexibility index (Phi) is 33.0. The molecule has 6 nitrogen and oxygen atoms in total. The van der Waals surface area contributed by atoms with Crippen molar-refractivity contribution < 1.29 is 21.9 Å². The standard InChI is InChI=1S/2C13H27NO2S2.2H2/c2*1-4-7-8-12(5-2)11-18-17-10-9-16-13(15)14-6-3;;/h2*12H,4-11H2,1-3H3,(H,14,15);2*1H/t2*12-;;/m10../s1. The van der Waals surface area contributed by atoms with Gasteiger partial charge in [-0.1, -0.05) is 109 Å². The molecule has 2 atom stereocenters. The van der Waals surface area contributed by atoms with Crippen LogP contribution in [0, 0.1) is 11.8 Å². The number of alkyl carbamates (subject to hydrolysis) is 2. The van der Waals surface area contributed by atoms with Crippen LogP contribution in [-0.4, -0.2) is 61.5 Å². The van der Waals surface area contributed by atoms with Gasteiger partial charge in [-0.2, -0.15) is 0 Å². The van der Waals surface area contributed by atoms with E-state index >= 15 is 0 Å². The third-order valence-corrected chi connectivity index (χ3v) is 10.3. The van der Waals surface area contributed by atoms with E-state index in [9.17, 15) is 9.59 Å². The maximum Gasteiger partial charge on any atom is 0.407 e. The second kappa shape index (κ2) is 31.2. The third kappa shape index (κ3) is 28.5. The summed E-state index contributed by atoms with van der Waals surface area (Å²) in [5.74, 6) is 5.83. The van der Waals surface area contributed by atoms with Gasteiger partial charge in [0.15, 0.2) is 0 Å². The number of carbonyl (C=O) groups excluding carboxylic acids is 2. The van der Waals surface area contributed by atoms with Gasteiger partial charge in [0, 0.05) is 39.0 Å². The van der Waals surface area contributed by atoms with E-state index in [2.05, 4.69) is 38.3 Å². The average molecular weight is 591 g/mol. The van der Waals surface area contributed by atoms with Crippen molar-refractivity contribution in [3.05, 3.63) is 0 Å². The molecule has 220 valence electrons. The molecule has 2 N–H and O–H groups in total. The molecule has 36 heavy (non-hydrogen) atoms. The lowest BCUT2D eigenvalue weighted by Crippen LogP contribution is -2.24. The van der Waals surface area contributed by atoms with Crippen LogP contribution in [-0.2, 0) is 9.47 Å². The van der Waals surface area contributed by atoms with Crippen molar-refractivity contribution >= 4 is 55.4 Å². The average Bonchev–Trinajstić information content (AvgIpc) is 2.87. The van der Waals surface area contributed by atoms with Gasteiger partial charge in [-0.3, -0.25) is 0 Å². The first kappa shape index (κ1) is 38.1. The van der Waals surface area contributed by atoms with Crippen molar-refractivity contribution in [1.29, 1.82) is 0 Å². The Morgan fingerprint density at radius 1 is 0.667 bits per heavy atom. The monoisotopic (exact) mass is 590 g/mol. The lowest BCUT2D eigenvalue weighted by molar-refractivity contribution is 0.153. The Morgan fingerprint density at radius 3 is 1.36 bits per heavy atom. The Morgan fingerprint density at radius 2 is 1.06 bits per heavy atom. The van der Waals surface area contributed by atoms with Gasteiger partial charge in [0.2, 0.25) is 0 Å². The molecule has 0 heterocycles. The number of hydrogen-bond acceptors (Lipinski definition) is 8. The second-order valence-corrected chi connectivity index (χ2v) is 13.6. The Labute approximate surface area is 241 Å². The summed E-state index contributed by atoms with van der Waals surface area (Å²) < 4.78 is 9.99. The third-order valence-electron chi connectivity index (χ3n) is 5.30. The van der Waals surface area contributed by atoms with Crippen molar-refractivity contribution in [2.24, 2.45) is 11.8 Å². The molecule has 0 saturated heterocycles. The van der Waals surface area contributed by atoms with Crippen LogP contribution in [0.2, 0.25) is 0 Å². The summed E-state index contributed by atoms with van der Waals surface area (Å²) in [6.07, 6.45) is 9.85. The number of rotatable bonds is 22. The van der Waals surface area contributed by atoms with Gasteiger partial charge in [0.1, 0.15) is 13.2 Å². The zero-order chi connectivity index (χ0) is 27.3. The van der Waals surface area contributed by atoms with Crippen molar-refractivity contribution in [2.75, 3.05) is 49.3 Å². The maximum atomic E-state index is 11.0. The molecule has 0 radical (unpaired) electrons. The molecule has 0 aliphatic heterocycles. The molecule has 2 amide bonds. The normalized spacial score (nSPS) is 12.2. The van der Waals surface area contributed by atoms with Gasteiger partial charge in [0.05, 0.1) is 0 Å². The lowest BCUT2D eigenvalue weighted by Gasteiger charge is -2.13. The highest BCUT2D eigenvalue weighted by molar-refractivity contribution is 8.77. The van der Waals surface area contributed by atoms with Gasteiger partial charge in [-0.05, 0) is 38.5 Å². The predicted octanol–water partition coefficient (Wildman–Crippen LogP) is 9.15. The molecule has 0 rings (SSSR count). The number of carbonyl (C=O) groups is 2. The van der Waals surface area contributed by atoms with E-state index in [-0.39, 0.29) is 15.0 Å². The minimum Gasteiger partial charge on any atom is -0.449 e. The predicted molar refractivity (Wildman–Crippen MR) is 171 cm³/mol. The summed E-state index contributed by atoms with van der Waals surface area (Å²) in [5.41, 5.74) is 0. The minimum absolute atomic E-state index is 0. The Hall–Kier alpha value is -0.0600. The van der Waals surface area contributed by atoms with Gasteiger partial charge in [-0.15, -0.1) is 0 Å². The van der Waals surface area contributed by atoms with E-state index in [4.69, 9.17) is 9.47 Å². The van der Waals surface area contributed by atoms with E-state index in [0.717, 1.165) is 23.3 Å². The van der Waals surface area contributed by atoms with Gasteiger partial charge >= 0.3 is 12.2 Å². The van der Waals surface area contributed by atoms with Crippen LogP contribution in [0.4, 0.5) is 9.59 Å². The van der Waals surface area contributed by atoms with Gasteiger partial charge in [0.25, 0.3) is 0 Å². The van der Waals surface area contributed by atoms with E-state index < -0.39 is 0 Å². The summed E-state index contributed by atoms with van der Waals surface area (Å²) in [5, 5.41) is 5.22. The summed E-state index contributed by atoms with van der Waals surface area (Å²) in [6, 6.07) is 0. The number of nitrogens with one attached hydrogen (secondary N) is 2. The van der Waals surface area contributed by atoms with E-state index in [1.807, 2.05) is 35.4 Å². The molecule has 0 aliphatic rings. The van der Waals surface area contributed by atoms with Crippen LogP contribution >= 0.6 is 43.2 Å². The van der Waals surface area contributed by atoms with Crippen LogP contribution in [0.15, 0.2) is 0 Å². The van der Waals surface area contributed by atoms with E-state index in [1.165, 1.54) is 62.9 Å². The highest BCUT2D eigenvalue weighted by Crippen LogP contribution is 2.28. The SMILES string of the molecule is CCCC[C@@H](CC)CSSCCOC(=O)NCC.CCCC[C@H](CC)CSSCCOC(=O)NCC.[HH].[HH]. The molecule has 0 bridgehead atoms. The molecule has 0 aliphatic carbocycles. The van der Waals surface area contributed by atoms with E-state index in [0.29, 0.717) is 26.3 Å². The van der Waals surface area contributed by atoms with Crippen molar-refractivity contribution in [2.45, 2.75) is 92.9 Å². The molecule has 0 unspecified atom stereocenters. The van der Waals surface area contributed by atoms with Crippen molar-refractivity contribution in [1.82, 2.24) is 10.6 Å². The summed E-state index contributed by atoms with van der Waals surface area (Å²) in [4.78, 5) is 22.0. The van der Waals surface area contributed by atoms with Crippen LogP contribution in [0.5, 0.6) is 0 Å². The summed E-state index contributed by atoms with van der Waals surface area (Å²) in [7, 11) is 7.42. The highest BCUT2D eigenvalue weighted by atomic mass is 33.1. The Bertz CT molecular complexity index is 460. The summed E-state index contributed by atoms with van der Waals surface area (Å²) >= 11 is 0. The number of unbranched alkanes of at least 4 members (excludes halogenated alkanes) is 2. The van der Waals surface area contributed by atoms with Crippen molar-refractivity contribution in [3.63, 3.8) is 0 Å². The fraction of sp³-hybridized carbons (Fsp3) is 0.923. The fourth-order valence-corrected chi connectivity index (χ4v) is 7.70. The molecule has 0 spiro atoms. The molecular formula is C26H58N2O4S4. The smallest absolute Gasteiger partial charge is 0.407 e. The lowest BCUT2D eigenvalue weighted by atomic mass is 10.0. The molecule has 0 aromatic rings. The molecule has 0 saturated carbocycles. The molecule has 10 heteroatoms. The van der Waals surface area contributed by atoms with Gasteiger partial charge < -0.3 is 20.1 Å².